The van der Waals surface area contributed by atoms with Gasteiger partial charge in [-0.05, 0) is 92.5 Å². The molecule has 0 aliphatic heterocycles. The topological polar surface area (TPSA) is 67.4 Å². The Morgan fingerprint density at radius 2 is 1.62 bits per heavy atom. The summed E-state index contributed by atoms with van der Waals surface area (Å²) in [5.41, 5.74) is 1.99. The lowest BCUT2D eigenvalue weighted by Gasteiger charge is -2.20. The van der Waals surface area contributed by atoms with Gasteiger partial charge in [-0.1, -0.05) is 6.42 Å². The first-order valence-electron chi connectivity index (χ1n) is 10.5. The maximum atomic E-state index is 12.4. The van der Waals surface area contributed by atoms with Gasteiger partial charge in [0.25, 0.3) is 5.91 Å². The molecule has 0 saturated heterocycles. The third-order valence-corrected chi connectivity index (χ3v) is 6.19. The molecule has 2 amide bonds. The molecule has 0 heterocycles. The van der Waals surface area contributed by atoms with Crippen molar-refractivity contribution in [3.63, 3.8) is 0 Å². The van der Waals surface area contributed by atoms with Crippen LogP contribution in [0.15, 0.2) is 48.5 Å². The summed E-state index contributed by atoms with van der Waals surface area (Å²) < 4.78 is 5.40. The van der Waals surface area contributed by atoms with Crippen molar-refractivity contribution in [2.24, 2.45) is 17.8 Å². The molecule has 5 heteroatoms. The van der Waals surface area contributed by atoms with Crippen molar-refractivity contribution in [1.29, 1.82) is 0 Å². The smallest absolute Gasteiger partial charge is 0.255 e. The Bertz CT molecular complexity index is 861. The molecule has 2 N–H and O–H groups in total. The van der Waals surface area contributed by atoms with Crippen LogP contribution >= 0.6 is 0 Å². The minimum absolute atomic E-state index is 0.0779. The van der Waals surface area contributed by atoms with Crippen LogP contribution in [0.3, 0.4) is 0 Å². The molecule has 2 aromatic carbocycles. The number of carbonyl (C=O) groups is 2. The van der Waals surface area contributed by atoms with Crippen LogP contribution in [0.5, 0.6) is 5.75 Å². The Labute approximate surface area is 171 Å². The van der Waals surface area contributed by atoms with Crippen molar-refractivity contribution in [3.05, 3.63) is 54.1 Å². The highest BCUT2D eigenvalue weighted by Crippen LogP contribution is 2.49. The summed E-state index contributed by atoms with van der Waals surface area (Å²) in [6.45, 7) is 2.54. The van der Waals surface area contributed by atoms with Gasteiger partial charge in [-0.25, -0.2) is 0 Å². The molecule has 2 fully saturated rings. The monoisotopic (exact) mass is 392 g/mol. The normalized spacial score (nSPS) is 22.3. The summed E-state index contributed by atoms with van der Waals surface area (Å²) in [6, 6.07) is 14.3. The molecule has 0 radical (unpaired) electrons. The average Bonchev–Trinajstić information content (AvgIpc) is 3.33. The molecule has 0 aromatic heterocycles. The minimum atomic E-state index is -0.186. The van der Waals surface area contributed by atoms with E-state index in [1.54, 1.807) is 24.3 Å². The third kappa shape index (κ3) is 4.78. The third-order valence-electron chi connectivity index (χ3n) is 6.19. The fraction of sp³-hybridized carbons (Fsp3) is 0.417. The number of benzene rings is 2. The first-order chi connectivity index (χ1) is 14.1. The van der Waals surface area contributed by atoms with Gasteiger partial charge in [-0.15, -0.1) is 0 Å². The van der Waals surface area contributed by atoms with E-state index in [0.29, 0.717) is 30.2 Å². The molecule has 29 heavy (non-hydrogen) atoms. The second kappa shape index (κ2) is 8.68. The summed E-state index contributed by atoms with van der Waals surface area (Å²) in [6.07, 6.45) is 5.78. The number of amides is 2. The van der Waals surface area contributed by atoms with E-state index in [0.717, 1.165) is 23.3 Å². The number of fused-ring (bicyclic) bond motifs is 2. The Morgan fingerprint density at radius 1 is 0.931 bits per heavy atom. The number of carbonyl (C=O) groups excluding carboxylic acids is 2. The van der Waals surface area contributed by atoms with Gasteiger partial charge >= 0.3 is 0 Å². The molecular formula is C24H28N2O3. The van der Waals surface area contributed by atoms with Crippen molar-refractivity contribution in [1.82, 2.24) is 0 Å². The number of hydrogen-bond donors (Lipinski definition) is 2. The number of rotatable bonds is 7. The zero-order chi connectivity index (χ0) is 20.2. The van der Waals surface area contributed by atoms with Gasteiger partial charge in [-0.3, -0.25) is 9.59 Å². The van der Waals surface area contributed by atoms with E-state index in [2.05, 4.69) is 10.6 Å². The zero-order valence-corrected chi connectivity index (χ0v) is 16.8. The lowest BCUT2D eigenvalue weighted by molar-refractivity contribution is -0.117. The summed E-state index contributed by atoms with van der Waals surface area (Å²) in [5, 5.41) is 5.85. The first kappa shape index (κ1) is 19.5. The quantitative estimate of drug-likeness (QED) is 0.689. The van der Waals surface area contributed by atoms with Crippen molar-refractivity contribution in [2.45, 2.75) is 39.0 Å². The van der Waals surface area contributed by atoms with Gasteiger partial charge in [0, 0.05) is 23.4 Å². The van der Waals surface area contributed by atoms with E-state index >= 15 is 0 Å². The minimum Gasteiger partial charge on any atom is -0.494 e. The Balaban J connectivity index is 1.29. The van der Waals surface area contributed by atoms with Crippen LogP contribution in [-0.4, -0.2) is 18.4 Å². The molecule has 5 nitrogen and oxygen atoms in total. The lowest BCUT2D eigenvalue weighted by Crippen LogP contribution is -2.20. The molecule has 2 aliphatic rings. The highest BCUT2D eigenvalue weighted by Gasteiger charge is 2.40. The summed E-state index contributed by atoms with van der Waals surface area (Å²) >= 11 is 0. The van der Waals surface area contributed by atoms with Crippen LogP contribution in [-0.2, 0) is 4.79 Å². The standard InChI is InChI=1S/C24H28N2O3/c1-2-29-22-11-9-21(10-12-22)26-24(28)17-5-7-20(8-6-17)25-23(27)15-19-14-16-3-4-18(19)13-16/h5-12,16,18-19H,2-4,13-15H2,1H3,(H,25,27)(H,26,28). The van der Waals surface area contributed by atoms with Crippen LogP contribution in [0.2, 0.25) is 0 Å². The van der Waals surface area contributed by atoms with Crippen LogP contribution < -0.4 is 15.4 Å². The van der Waals surface area contributed by atoms with E-state index in [4.69, 9.17) is 4.74 Å². The molecule has 2 saturated carbocycles. The van der Waals surface area contributed by atoms with Gasteiger partial charge in [0.1, 0.15) is 5.75 Å². The maximum Gasteiger partial charge on any atom is 0.255 e. The van der Waals surface area contributed by atoms with Gasteiger partial charge in [0.2, 0.25) is 5.91 Å². The van der Waals surface area contributed by atoms with Gasteiger partial charge in [0.05, 0.1) is 6.61 Å². The van der Waals surface area contributed by atoms with E-state index in [1.165, 1.54) is 25.7 Å². The summed E-state index contributed by atoms with van der Waals surface area (Å²) in [5.74, 6) is 2.82. The molecule has 2 bridgehead atoms. The van der Waals surface area contributed by atoms with Crippen molar-refractivity contribution in [3.8, 4) is 5.75 Å². The van der Waals surface area contributed by atoms with E-state index < -0.39 is 0 Å². The molecule has 4 rings (SSSR count). The second-order valence-electron chi connectivity index (χ2n) is 8.18. The number of nitrogens with one attached hydrogen (secondary N) is 2. The molecule has 3 atom stereocenters. The largest absolute Gasteiger partial charge is 0.494 e. The highest BCUT2D eigenvalue weighted by atomic mass is 16.5. The summed E-state index contributed by atoms with van der Waals surface area (Å²) in [7, 11) is 0. The SMILES string of the molecule is CCOc1ccc(NC(=O)c2ccc(NC(=O)CC3CC4CCC3C4)cc2)cc1. The molecule has 2 aromatic rings. The van der Waals surface area contributed by atoms with Crippen LogP contribution in [0.4, 0.5) is 11.4 Å². The lowest BCUT2D eigenvalue weighted by atomic mass is 9.86. The van der Waals surface area contributed by atoms with Crippen LogP contribution in [0, 0.1) is 17.8 Å². The zero-order valence-electron chi connectivity index (χ0n) is 16.8. The van der Waals surface area contributed by atoms with Crippen molar-refractivity contribution < 1.29 is 14.3 Å². The fourth-order valence-electron chi connectivity index (χ4n) is 4.79. The highest BCUT2D eigenvalue weighted by molar-refractivity contribution is 6.04. The Hall–Kier alpha value is -2.82. The number of hydrogen-bond acceptors (Lipinski definition) is 3. The van der Waals surface area contributed by atoms with Gasteiger partial charge in [-0.2, -0.15) is 0 Å². The molecular weight excluding hydrogens is 364 g/mol. The fourth-order valence-corrected chi connectivity index (χ4v) is 4.79. The molecule has 2 aliphatic carbocycles. The van der Waals surface area contributed by atoms with Gasteiger partial charge < -0.3 is 15.4 Å². The maximum absolute atomic E-state index is 12.4. The average molecular weight is 392 g/mol. The summed E-state index contributed by atoms with van der Waals surface area (Å²) in [4.78, 5) is 24.8. The van der Waals surface area contributed by atoms with Crippen LogP contribution in [0.25, 0.3) is 0 Å². The number of ether oxygens (including phenoxy) is 1. The predicted octanol–water partition coefficient (Wildman–Crippen LogP) is 5.10. The number of anilines is 2. The van der Waals surface area contributed by atoms with E-state index in [1.807, 2.05) is 31.2 Å². The second-order valence-corrected chi connectivity index (χ2v) is 8.18. The molecule has 152 valence electrons. The van der Waals surface area contributed by atoms with Crippen LogP contribution in [0.1, 0.15) is 49.4 Å². The Kier molecular flexibility index (Phi) is 5.84. The van der Waals surface area contributed by atoms with Crippen molar-refractivity contribution >= 4 is 23.2 Å². The molecule has 0 spiro atoms. The van der Waals surface area contributed by atoms with E-state index in [-0.39, 0.29) is 11.8 Å². The van der Waals surface area contributed by atoms with Crippen molar-refractivity contribution in [2.75, 3.05) is 17.2 Å². The molecule has 3 unspecified atom stereocenters. The van der Waals surface area contributed by atoms with E-state index in [9.17, 15) is 9.59 Å². The Morgan fingerprint density at radius 3 is 2.24 bits per heavy atom. The predicted molar refractivity (Wildman–Crippen MR) is 114 cm³/mol. The van der Waals surface area contributed by atoms with Gasteiger partial charge in [0.15, 0.2) is 0 Å². The first-order valence-corrected chi connectivity index (χ1v) is 10.5.